The van der Waals surface area contributed by atoms with E-state index in [0.29, 0.717) is 11.3 Å². The molecule has 0 saturated heterocycles. The van der Waals surface area contributed by atoms with Crippen molar-refractivity contribution in [3.05, 3.63) is 21.6 Å². The van der Waals surface area contributed by atoms with Crippen molar-refractivity contribution in [1.82, 2.24) is 14.9 Å². The Hall–Kier alpha value is -1.57. The van der Waals surface area contributed by atoms with Crippen LogP contribution in [0.3, 0.4) is 0 Å². The molecule has 2 heterocycles. The minimum Gasteiger partial charge on any atom is -0.369 e. The first-order valence-corrected chi connectivity index (χ1v) is 5.02. The van der Waals surface area contributed by atoms with Crippen LogP contribution in [0.4, 0.5) is 19.1 Å². The Morgan fingerprint density at radius 3 is 2.82 bits per heavy atom. The molecule has 0 amide bonds. The number of hydrogen-bond acceptors (Lipinski definition) is 4. The van der Waals surface area contributed by atoms with Crippen molar-refractivity contribution in [2.24, 2.45) is 0 Å². The molecule has 0 bridgehead atoms. The van der Waals surface area contributed by atoms with E-state index in [1.165, 1.54) is 4.90 Å². The van der Waals surface area contributed by atoms with Crippen molar-refractivity contribution in [2.45, 2.75) is 19.1 Å². The van der Waals surface area contributed by atoms with Crippen LogP contribution >= 0.6 is 0 Å². The molecular formula is C9H11F3N4O. The number of nitrogens with one attached hydrogen (secondary N) is 1. The second-order valence-electron chi connectivity index (χ2n) is 3.95. The zero-order chi connectivity index (χ0) is 12.6. The molecule has 3 N–H and O–H groups in total. The highest BCUT2D eigenvalue weighted by molar-refractivity contribution is 5.27. The highest BCUT2D eigenvalue weighted by Crippen LogP contribution is 2.21. The predicted octanol–water partition coefficient (Wildman–Crippen LogP) is 0.272. The van der Waals surface area contributed by atoms with Crippen molar-refractivity contribution >= 4 is 5.95 Å². The zero-order valence-corrected chi connectivity index (χ0v) is 8.84. The molecule has 0 fully saturated rings. The monoisotopic (exact) mass is 248 g/mol. The molecule has 1 aliphatic heterocycles. The van der Waals surface area contributed by atoms with Crippen LogP contribution in [0.1, 0.15) is 11.3 Å². The second kappa shape index (κ2) is 4.02. The van der Waals surface area contributed by atoms with Gasteiger partial charge in [0.2, 0.25) is 5.95 Å². The second-order valence-corrected chi connectivity index (χ2v) is 3.95. The van der Waals surface area contributed by atoms with E-state index in [1.807, 2.05) is 0 Å². The Bertz CT molecular complexity index is 482. The van der Waals surface area contributed by atoms with Gasteiger partial charge >= 0.3 is 6.18 Å². The molecule has 0 radical (unpaired) electrons. The van der Waals surface area contributed by atoms with Crippen LogP contribution < -0.4 is 11.3 Å². The minimum atomic E-state index is -4.25. The Balaban J connectivity index is 2.22. The molecule has 2 rings (SSSR count). The van der Waals surface area contributed by atoms with Gasteiger partial charge < -0.3 is 5.73 Å². The molecular weight excluding hydrogens is 237 g/mol. The van der Waals surface area contributed by atoms with Crippen LogP contribution in [0.15, 0.2) is 4.79 Å². The molecule has 8 heteroatoms. The summed E-state index contributed by atoms with van der Waals surface area (Å²) < 4.78 is 36.7. The molecule has 0 saturated carbocycles. The van der Waals surface area contributed by atoms with Gasteiger partial charge in [-0.2, -0.15) is 13.2 Å². The van der Waals surface area contributed by atoms with Gasteiger partial charge in [-0.25, -0.2) is 4.98 Å². The Labute approximate surface area is 94.4 Å². The van der Waals surface area contributed by atoms with Crippen LogP contribution in [0.2, 0.25) is 0 Å². The summed E-state index contributed by atoms with van der Waals surface area (Å²) in [5.74, 6) is -0.0670. The standard InChI is InChI=1S/C9H11F3N4O/c10-9(11,12)4-16-2-1-5-6(3-16)14-8(13)15-7(5)17/h1-4H2,(H3,13,14,15,17). The fourth-order valence-corrected chi connectivity index (χ4v) is 1.90. The average molecular weight is 248 g/mol. The molecule has 17 heavy (non-hydrogen) atoms. The van der Waals surface area contributed by atoms with E-state index >= 15 is 0 Å². The number of fused-ring (bicyclic) bond motifs is 1. The van der Waals surface area contributed by atoms with Crippen LogP contribution in [0.25, 0.3) is 0 Å². The molecule has 1 aromatic heterocycles. The molecule has 0 atom stereocenters. The maximum atomic E-state index is 12.2. The first-order valence-electron chi connectivity index (χ1n) is 5.02. The van der Waals surface area contributed by atoms with E-state index in [9.17, 15) is 18.0 Å². The number of nitrogens with two attached hydrogens (primary N) is 1. The number of H-pyrrole nitrogens is 1. The fourth-order valence-electron chi connectivity index (χ4n) is 1.90. The molecule has 0 aliphatic carbocycles. The van der Waals surface area contributed by atoms with Crippen molar-refractivity contribution in [2.75, 3.05) is 18.8 Å². The third kappa shape index (κ3) is 2.76. The smallest absolute Gasteiger partial charge is 0.369 e. The summed E-state index contributed by atoms with van der Waals surface area (Å²) in [5, 5.41) is 0. The number of rotatable bonds is 1. The van der Waals surface area contributed by atoms with E-state index in [0.717, 1.165) is 0 Å². The molecule has 94 valence electrons. The summed E-state index contributed by atoms with van der Waals surface area (Å²) in [6, 6.07) is 0. The number of nitrogens with zero attached hydrogens (tertiary/aromatic N) is 2. The van der Waals surface area contributed by atoms with Crippen molar-refractivity contribution in [3.8, 4) is 0 Å². The number of hydrogen-bond donors (Lipinski definition) is 2. The van der Waals surface area contributed by atoms with E-state index in [4.69, 9.17) is 5.73 Å². The first kappa shape index (κ1) is 11.9. The summed E-state index contributed by atoms with van der Waals surface area (Å²) in [5.41, 5.74) is 5.75. The van der Waals surface area contributed by atoms with Crippen molar-refractivity contribution < 1.29 is 13.2 Å². The Kier molecular flexibility index (Phi) is 2.82. The lowest BCUT2D eigenvalue weighted by Crippen LogP contribution is -2.40. The largest absolute Gasteiger partial charge is 0.401 e. The summed E-state index contributed by atoms with van der Waals surface area (Å²) >= 11 is 0. The van der Waals surface area contributed by atoms with Crippen LogP contribution in [0.5, 0.6) is 0 Å². The maximum Gasteiger partial charge on any atom is 0.401 e. The van der Waals surface area contributed by atoms with Gasteiger partial charge in [0, 0.05) is 18.7 Å². The fraction of sp³-hybridized carbons (Fsp3) is 0.556. The average Bonchev–Trinajstić information content (AvgIpc) is 2.13. The highest BCUT2D eigenvalue weighted by atomic mass is 19.4. The number of aromatic amines is 1. The summed E-state index contributed by atoms with van der Waals surface area (Å²) in [6.45, 7) is -0.801. The first-order chi connectivity index (χ1) is 7.85. The number of anilines is 1. The van der Waals surface area contributed by atoms with E-state index in [2.05, 4.69) is 9.97 Å². The zero-order valence-electron chi connectivity index (χ0n) is 8.84. The predicted molar refractivity (Wildman–Crippen MR) is 54.3 cm³/mol. The lowest BCUT2D eigenvalue weighted by molar-refractivity contribution is -0.147. The van der Waals surface area contributed by atoms with Gasteiger partial charge in [-0.15, -0.1) is 0 Å². The van der Waals surface area contributed by atoms with Gasteiger partial charge in [-0.1, -0.05) is 0 Å². The molecule has 0 spiro atoms. The minimum absolute atomic E-state index is 0.00294. The SMILES string of the molecule is Nc1nc2c(c(=O)[nH]1)CCN(CC(F)(F)F)C2. The normalized spacial score (nSPS) is 16.9. The summed E-state index contributed by atoms with van der Waals surface area (Å²) in [7, 11) is 0. The van der Waals surface area contributed by atoms with Crippen LogP contribution in [-0.4, -0.2) is 34.1 Å². The molecule has 1 aliphatic rings. The van der Waals surface area contributed by atoms with E-state index in [1.54, 1.807) is 0 Å². The van der Waals surface area contributed by atoms with Crippen LogP contribution in [0, 0.1) is 0 Å². The van der Waals surface area contributed by atoms with Gasteiger partial charge in [-0.05, 0) is 6.42 Å². The molecule has 5 nitrogen and oxygen atoms in total. The third-order valence-corrected chi connectivity index (χ3v) is 2.57. The number of halogens is 3. The van der Waals surface area contributed by atoms with E-state index in [-0.39, 0.29) is 31.0 Å². The summed E-state index contributed by atoms with van der Waals surface area (Å²) in [4.78, 5) is 18.9. The van der Waals surface area contributed by atoms with Gasteiger partial charge in [0.25, 0.3) is 5.56 Å². The van der Waals surface area contributed by atoms with E-state index < -0.39 is 12.7 Å². The topological polar surface area (TPSA) is 75.0 Å². The Morgan fingerprint density at radius 2 is 2.18 bits per heavy atom. The molecule has 0 aromatic carbocycles. The lowest BCUT2D eigenvalue weighted by Gasteiger charge is -2.27. The molecule has 0 unspecified atom stereocenters. The number of alkyl halides is 3. The lowest BCUT2D eigenvalue weighted by atomic mass is 10.1. The maximum absolute atomic E-state index is 12.2. The Morgan fingerprint density at radius 1 is 1.47 bits per heavy atom. The molecule has 1 aromatic rings. The van der Waals surface area contributed by atoms with Gasteiger partial charge in [-0.3, -0.25) is 14.7 Å². The third-order valence-electron chi connectivity index (χ3n) is 2.57. The van der Waals surface area contributed by atoms with Gasteiger partial charge in [0.15, 0.2) is 0 Å². The number of nitrogen functional groups attached to an aromatic ring is 1. The van der Waals surface area contributed by atoms with Crippen molar-refractivity contribution in [1.29, 1.82) is 0 Å². The quantitative estimate of drug-likeness (QED) is 0.748. The summed E-state index contributed by atoms with van der Waals surface area (Å²) in [6.07, 6.45) is -3.99. The van der Waals surface area contributed by atoms with Crippen molar-refractivity contribution in [3.63, 3.8) is 0 Å². The van der Waals surface area contributed by atoms with Gasteiger partial charge in [0.05, 0.1) is 12.2 Å². The van der Waals surface area contributed by atoms with Crippen LogP contribution in [-0.2, 0) is 13.0 Å². The highest BCUT2D eigenvalue weighted by Gasteiger charge is 2.33. The number of aromatic nitrogens is 2. The van der Waals surface area contributed by atoms with Gasteiger partial charge in [0.1, 0.15) is 0 Å².